The van der Waals surface area contributed by atoms with E-state index in [-0.39, 0.29) is 35.6 Å². The van der Waals surface area contributed by atoms with E-state index in [1.54, 1.807) is 26.2 Å². The van der Waals surface area contributed by atoms with Crippen molar-refractivity contribution in [1.82, 2.24) is 15.6 Å². The Labute approximate surface area is 174 Å². The molecule has 0 aliphatic rings. The SMILES string of the molecule is COc1cccc(CC(=O)N[C@@H](CC(C)C)c2nc(C(=O)NCC(=O)O)c(C)o2)c1. The van der Waals surface area contributed by atoms with Gasteiger partial charge in [0, 0.05) is 0 Å². The van der Waals surface area contributed by atoms with E-state index in [0.29, 0.717) is 12.2 Å². The summed E-state index contributed by atoms with van der Waals surface area (Å²) < 4.78 is 10.8. The van der Waals surface area contributed by atoms with Crippen LogP contribution in [0.4, 0.5) is 0 Å². The van der Waals surface area contributed by atoms with Crippen LogP contribution < -0.4 is 15.4 Å². The van der Waals surface area contributed by atoms with Gasteiger partial charge in [-0.1, -0.05) is 26.0 Å². The Balaban J connectivity index is 2.15. The number of aliphatic carboxylic acids is 1. The molecule has 0 spiro atoms. The Hall–Kier alpha value is -3.36. The second-order valence-corrected chi connectivity index (χ2v) is 7.31. The van der Waals surface area contributed by atoms with E-state index in [4.69, 9.17) is 14.3 Å². The molecule has 1 heterocycles. The number of ether oxygens (including phenoxy) is 1. The summed E-state index contributed by atoms with van der Waals surface area (Å²) in [5.41, 5.74) is 0.800. The number of hydrogen-bond acceptors (Lipinski definition) is 6. The van der Waals surface area contributed by atoms with Crippen molar-refractivity contribution in [3.8, 4) is 5.75 Å². The van der Waals surface area contributed by atoms with Crippen LogP contribution in [0.1, 0.15) is 54.0 Å². The fourth-order valence-corrected chi connectivity index (χ4v) is 2.92. The minimum atomic E-state index is -1.16. The number of aromatic nitrogens is 1. The lowest BCUT2D eigenvalue weighted by molar-refractivity contribution is -0.135. The highest BCUT2D eigenvalue weighted by Crippen LogP contribution is 2.23. The fraction of sp³-hybridized carbons (Fsp3) is 0.429. The van der Waals surface area contributed by atoms with E-state index in [2.05, 4.69) is 15.6 Å². The summed E-state index contributed by atoms with van der Waals surface area (Å²) in [6.07, 6.45) is 0.706. The van der Waals surface area contributed by atoms with Crippen molar-refractivity contribution in [3.63, 3.8) is 0 Å². The molecule has 0 unspecified atom stereocenters. The van der Waals surface area contributed by atoms with E-state index in [1.807, 2.05) is 26.0 Å². The van der Waals surface area contributed by atoms with Crippen molar-refractivity contribution in [1.29, 1.82) is 0 Å². The Morgan fingerprint density at radius 1 is 1.27 bits per heavy atom. The van der Waals surface area contributed by atoms with E-state index >= 15 is 0 Å². The van der Waals surface area contributed by atoms with Crippen LogP contribution in [0, 0.1) is 12.8 Å². The number of nitrogens with one attached hydrogen (secondary N) is 2. The lowest BCUT2D eigenvalue weighted by atomic mass is 10.0. The molecule has 0 aliphatic carbocycles. The number of carbonyl (C=O) groups is 3. The molecular weight excluding hydrogens is 390 g/mol. The number of methoxy groups -OCH3 is 1. The van der Waals surface area contributed by atoms with Gasteiger partial charge in [-0.3, -0.25) is 14.4 Å². The summed E-state index contributed by atoms with van der Waals surface area (Å²) in [6.45, 7) is 5.04. The van der Waals surface area contributed by atoms with Crippen molar-refractivity contribution in [2.24, 2.45) is 5.92 Å². The van der Waals surface area contributed by atoms with Crippen LogP contribution in [0.2, 0.25) is 0 Å². The lowest BCUT2D eigenvalue weighted by Gasteiger charge is -2.18. The Bertz CT molecular complexity index is 906. The van der Waals surface area contributed by atoms with Gasteiger partial charge in [-0.25, -0.2) is 4.98 Å². The van der Waals surface area contributed by atoms with Gasteiger partial charge in [0.25, 0.3) is 5.91 Å². The maximum Gasteiger partial charge on any atom is 0.322 e. The molecule has 2 aromatic rings. The van der Waals surface area contributed by atoms with E-state index in [9.17, 15) is 14.4 Å². The molecule has 9 heteroatoms. The molecule has 0 aliphatic heterocycles. The maximum absolute atomic E-state index is 12.6. The van der Waals surface area contributed by atoms with Gasteiger partial charge in [-0.2, -0.15) is 0 Å². The molecule has 0 saturated heterocycles. The first-order chi connectivity index (χ1) is 14.2. The third-order valence-electron chi connectivity index (χ3n) is 4.27. The number of carboxylic acids is 1. The number of amides is 2. The second-order valence-electron chi connectivity index (χ2n) is 7.31. The first kappa shape index (κ1) is 22.9. The molecule has 0 saturated carbocycles. The van der Waals surface area contributed by atoms with Gasteiger partial charge in [-0.15, -0.1) is 0 Å². The van der Waals surface area contributed by atoms with Crippen LogP contribution in [0.5, 0.6) is 5.75 Å². The summed E-state index contributed by atoms with van der Waals surface area (Å²) in [5, 5.41) is 13.9. The topological polar surface area (TPSA) is 131 Å². The van der Waals surface area contributed by atoms with Crippen molar-refractivity contribution in [2.45, 2.75) is 39.7 Å². The number of carbonyl (C=O) groups excluding carboxylic acids is 2. The van der Waals surface area contributed by atoms with Crippen molar-refractivity contribution < 1.29 is 28.6 Å². The first-order valence-electron chi connectivity index (χ1n) is 9.59. The summed E-state index contributed by atoms with van der Waals surface area (Å²) in [4.78, 5) is 39.6. The van der Waals surface area contributed by atoms with E-state index in [0.717, 1.165) is 5.56 Å². The highest BCUT2D eigenvalue weighted by Gasteiger charge is 2.25. The van der Waals surface area contributed by atoms with Crippen molar-refractivity contribution >= 4 is 17.8 Å². The standard InChI is InChI=1S/C21H27N3O6/c1-12(2)8-16(23-17(25)10-14-6-5-7-15(9-14)29-4)21-24-19(13(3)30-21)20(28)22-11-18(26)27/h5-7,9,12,16H,8,10-11H2,1-4H3,(H,22,28)(H,23,25)(H,26,27)/t16-/m0/s1. The molecule has 1 atom stereocenters. The minimum absolute atomic E-state index is 0.00190. The predicted molar refractivity (Wildman–Crippen MR) is 108 cm³/mol. The Morgan fingerprint density at radius 3 is 2.63 bits per heavy atom. The molecule has 1 aromatic carbocycles. The largest absolute Gasteiger partial charge is 0.497 e. The van der Waals surface area contributed by atoms with Crippen LogP contribution in [0.3, 0.4) is 0 Å². The average Bonchev–Trinajstić information content (AvgIpc) is 3.07. The number of carboxylic acid groups (broad SMARTS) is 1. The number of benzene rings is 1. The molecule has 2 amide bonds. The fourth-order valence-electron chi connectivity index (χ4n) is 2.92. The van der Waals surface area contributed by atoms with Gasteiger partial charge in [0.15, 0.2) is 5.69 Å². The summed E-state index contributed by atoms with van der Waals surface area (Å²) >= 11 is 0. The zero-order chi connectivity index (χ0) is 22.3. The van der Waals surface area contributed by atoms with Gasteiger partial charge >= 0.3 is 5.97 Å². The third-order valence-corrected chi connectivity index (χ3v) is 4.27. The molecule has 162 valence electrons. The molecule has 1 aromatic heterocycles. The number of nitrogens with zero attached hydrogens (tertiary/aromatic N) is 1. The van der Waals surface area contributed by atoms with Crippen LogP contribution in [0.15, 0.2) is 28.7 Å². The Morgan fingerprint density at radius 2 is 2.00 bits per heavy atom. The molecule has 2 rings (SSSR count). The highest BCUT2D eigenvalue weighted by molar-refractivity contribution is 5.94. The zero-order valence-electron chi connectivity index (χ0n) is 17.5. The van der Waals surface area contributed by atoms with Crippen LogP contribution in [-0.4, -0.2) is 41.5 Å². The second kappa shape index (κ2) is 10.4. The Kier molecular flexibility index (Phi) is 7.97. The van der Waals surface area contributed by atoms with Crippen LogP contribution in [0.25, 0.3) is 0 Å². The van der Waals surface area contributed by atoms with Gasteiger partial charge in [0.2, 0.25) is 11.8 Å². The number of hydrogen-bond donors (Lipinski definition) is 3. The van der Waals surface area contributed by atoms with E-state index < -0.39 is 24.5 Å². The lowest BCUT2D eigenvalue weighted by Crippen LogP contribution is -2.31. The zero-order valence-corrected chi connectivity index (χ0v) is 17.5. The first-order valence-corrected chi connectivity index (χ1v) is 9.59. The molecule has 3 N–H and O–H groups in total. The van der Waals surface area contributed by atoms with Gasteiger partial charge in [-0.05, 0) is 37.0 Å². The van der Waals surface area contributed by atoms with Crippen molar-refractivity contribution in [3.05, 3.63) is 47.2 Å². The summed E-state index contributed by atoms with van der Waals surface area (Å²) in [5.74, 6) is -0.669. The maximum atomic E-state index is 12.6. The minimum Gasteiger partial charge on any atom is -0.497 e. The van der Waals surface area contributed by atoms with Gasteiger partial charge in [0.1, 0.15) is 24.1 Å². The molecule has 0 bridgehead atoms. The highest BCUT2D eigenvalue weighted by atomic mass is 16.5. The molecule has 30 heavy (non-hydrogen) atoms. The van der Waals surface area contributed by atoms with Gasteiger partial charge in [0.05, 0.1) is 13.5 Å². The molecule has 0 radical (unpaired) electrons. The van der Waals surface area contributed by atoms with Crippen LogP contribution in [-0.2, 0) is 16.0 Å². The summed E-state index contributed by atoms with van der Waals surface area (Å²) in [6, 6.07) is 6.71. The van der Waals surface area contributed by atoms with Crippen LogP contribution >= 0.6 is 0 Å². The summed E-state index contributed by atoms with van der Waals surface area (Å²) in [7, 11) is 1.56. The number of oxazole rings is 1. The molecule has 0 fully saturated rings. The number of rotatable bonds is 10. The normalized spacial score (nSPS) is 11.8. The smallest absolute Gasteiger partial charge is 0.322 e. The molecular formula is C21H27N3O6. The predicted octanol–water partition coefficient (Wildman–Crippen LogP) is 2.25. The monoisotopic (exact) mass is 417 g/mol. The quantitative estimate of drug-likeness (QED) is 0.540. The third kappa shape index (κ3) is 6.61. The van der Waals surface area contributed by atoms with Gasteiger partial charge < -0.3 is 24.9 Å². The number of aryl methyl sites for hydroxylation is 1. The van der Waals surface area contributed by atoms with Crippen molar-refractivity contribution in [2.75, 3.05) is 13.7 Å². The average molecular weight is 417 g/mol. The molecule has 9 nitrogen and oxygen atoms in total. The van der Waals surface area contributed by atoms with E-state index in [1.165, 1.54) is 0 Å².